The van der Waals surface area contributed by atoms with Gasteiger partial charge in [0, 0.05) is 37.3 Å². The van der Waals surface area contributed by atoms with Gasteiger partial charge in [0.15, 0.2) is 23.4 Å². The maximum atomic E-state index is 10.6. The van der Waals surface area contributed by atoms with Crippen LogP contribution in [0.1, 0.15) is 11.9 Å². The summed E-state index contributed by atoms with van der Waals surface area (Å²) in [6, 6.07) is 15.5. The first-order chi connectivity index (χ1) is 25.3. The fourth-order valence-electron chi connectivity index (χ4n) is 3.86. The molecule has 2 aromatic heterocycles. The van der Waals surface area contributed by atoms with Gasteiger partial charge in [0.05, 0.1) is 11.2 Å². The summed E-state index contributed by atoms with van der Waals surface area (Å²) in [6.07, 6.45) is -14.0. The van der Waals surface area contributed by atoms with Crippen molar-refractivity contribution in [3.05, 3.63) is 60.6 Å². The highest BCUT2D eigenvalue weighted by atomic mass is 19.4. The van der Waals surface area contributed by atoms with E-state index in [1.165, 1.54) is 0 Å². The molecule has 0 fully saturated rings. The molecule has 300 valence electrons. The lowest BCUT2D eigenvalue weighted by Gasteiger charge is -2.27. The molecule has 3 heterocycles. The minimum absolute atomic E-state index is 0.238. The first kappa shape index (κ1) is 45.0. The molecule has 0 saturated carbocycles. The van der Waals surface area contributed by atoms with Crippen molar-refractivity contribution >= 4 is 40.6 Å². The average Bonchev–Trinajstić information content (AvgIpc) is 3.09. The van der Waals surface area contributed by atoms with Crippen molar-refractivity contribution in [1.82, 2.24) is 24.8 Å². The van der Waals surface area contributed by atoms with Crippen LogP contribution in [0.2, 0.25) is 0 Å². The van der Waals surface area contributed by atoms with Crippen LogP contribution in [-0.4, -0.2) is 117 Å². The van der Waals surface area contributed by atoms with Crippen molar-refractivity contribution in [2.45, 2.75) is 24.6 Å². The second kappa shape index (κ2) is 18.7. The third kappa shape index (κ3) is 14.3. The van der Waals surface area contributed by atoms with Gasteiger partial charge >= 0.3 is 36.4 Å². The molecule has 1 atom stereocenters. The minimum Gasteiger partial charge on any atom is -0.485 e. The van der Waals surface area contributed by atoms with Crippen molar-refractivity contribution in [1.29, 1.82) is 0 Å². The van der Waals surface area contributed by atoms with Crippen LogP contribution in [0.5, 0.6) is 11.5 Å². The number of aliphatic carboxylic acids is 3. The van der Waals surface area contributed by atoms with E-state index in [4.69, 9.17) is 54.9 Å². The van der Waals surface area contributed by atoms with Gasteiger partial charge in [-0.2, -0.15) is 39.5 Å². The molecule has 15 nitrogen and oxygen atoms in total. The zero-order chi connectivity index (χ0) is 41.9. The second-order valence-electron chi connectivity index (χ2n) is 10.9. The largest absolute Gasteiger partial charge is 0.490 e. The van der Waals surface area contributed by atoms with Gasteiger partial charge in [-0.15, -0.1) is 0 Å². The molecular weight excluding hydrogens is 769 g/mol. The van der Waals surface area contributed by atoms with Crippen LogP contribution < -0.4 is 20.1 Å². The van der Waals surface area contributed by atoms with Crippen LogP contribution in [0.4, 0.5) is 51.3 Å². The zero-order valence-electron chi connectivity index (χ0n) is 28.4. The number of nitrogens with two attached hydrogens (primary N) is 1. The standard InChI is InChI=1S/C25H27N7O2.3C2HF3O2/c1-31(2)12-13-32(3)24-17-14-16(18-10-11-27-25(26)29-18)8-9-19(17)28-23(30-24)22-15-33-20-6-4-5-7-21(20)34-22;3*3-2(4,5)1(6)7/h4-11,14,22H,12-13,15H2,1-3H3,(H2,26,27,29);3*(H,6,7). The van der Waals surface area contributed by atoms with Gasteiger partial charge in [-0.05, 0) is 44.4 Å². The first-order valence-corrected chi connectivity index (χ1v) is 14.9. The topological polar surface area (TPSA) is 214 Å². The number of carbonyl (C=O) groups is 3. The lowest BCUT2D eigenvalue weighted by Crippen LogP contribution is -2.30. The summed E-state index contributed by atoms with van der Waals surface area (Å²) in [5.41, 5.74) is 8.30. The van der Waals surface area contributed by atoms with Crippen molar-refractivity contribution < 1.29 is 78.7 Å². The van der Waals surface area contributed by atoms with E-state index in [2.05, 4.69) is 39.9 Å². The number of para-hydroxylation sites is 2. The van der Waals surface area contributed by atoms with Crippen LogP contribution in [0.15, 0.2) is 54.7 Å². The molecule has 5 N–H and O–H groups in total. The predicted octanol–water partition coefficient (Wildman–Crippen LogP) is 5.08. The Labute approximate surface area is 303 Å². The highest BCUT2D eigenvalue weighted by Gasteiger charge is 2.39. The smallest absolute Gasteiger partial charge is 0.485 e. The molecule has 1 aliphatic heterocycles. The Hall–Kier alpha value is -6.20. The number of carboxylic acids is 3. The number of nitrogens with zero attached hydrogens (tertiary/aromatic N) is 6. The summed E-state index contributed by atoms with van der Waals surface area (Å²) >= 11 is 0. The summed E-state index contributed by atoms with van der Waals surface area (Å²) in [5, 5.41) is 22.3. The molecular formula is C31H30F9N7O8. The van der Waals surface area contributed by atoms with Gasteiger partial charge in [0.1, 0.15) is 12.4 Å². The normalized spacial score (nSPS) is 13.6. The molecule has 24 heteroatoms. The van der Waals surface area contributed by atoms with Gasteiger partial charge in [0.25, 0.3) is 0 Å². The molecule has 0 bridgehead atoms. The van der Waals surface area contributed by atoms with Crippen molar-refractivity contribution in [2.24, 2.45) is 0 Å². The summed E-state index contributed by atoms with van der Waals surface area (Å²) < 4.78 is 107. The number of fused-ring (bicyclic) bond motifs is 2. The predicted molar refractivity (Wildman–Crippen MR) is 173 cm³/mol. The monoisotopic (exact) mass is 799 g/mol. The number of carboxylic acid groups (broad SMARTS) is 3. The van der Waals surface area contributed by atoms with E-state index >= 15 is 0 Å². The van der Waals surface area contributed by atoms with E-state index in [0.29, 0.717) is 18.2 Å². The molecule has 1 unspecified atom stereocenters. The molecule has 0 amide bonds. The Balaban J connectivity index is 0.000000408. The maximum absolute atomic E-state index is 10.6. The molecule has 55 heavy (non-hydrogen) atoms. The van der Waals surface area contributed by atoms with Crippen LogP contribution in [0, 0.1) is 0 Å². The van der Waals surface area contributed by atoms with E-state index in [0.717, 1.165) is 46.8 Å². The highest BCUT2D eigenvalue weighted by molar-refractivity contribution is 5.93. The van der Waals surface area contributed by atoms with E-state index in [-0.39, 0.29) is 5.95 Å². The number of benzene rings is 2. The molecule has 0 aliphatic carbocycles. The summed E-state index contributed by atoms with van der Waals surface area (Å²) in [6.45, 7) is 2.03. The van der Waals surface area contributed by atoms with Crippen LogP contribution in [0.3, 0.4) is 0 Å². The van der Waals surface area contributed by atoms with E-state index in [1.807, 2.05) is 49.5 Å². The van der Waals surface area contributed by atoms with Crippen molar-refractivity contribution in [2.75, 3.05) is 51.5 Å². The number of hydrogen-bond donors (Lipinski definition) is 4. The molecule has 0 radical (unpaired) electrons. The Bertz CT molecular complexity index is 1890. The first-order valence-electron chi connectivity index (χ1n) is 14.9. The number of ether oxygens (including phenoxy) is 2. The van der Waals surface area contributed by atoms with Gasteiger partial charge in [-0.3, -0.25) is 0 Å². The van der Waals surface area contributed by atoms with E-state index < -0.39 is 42.5 Å². The quantitative estimate of drug-likeness (QED) is 0.187. The average molecular weight is 800 g/mol. The Kier molecular flexibility index (Phi) is 15.3. The second-order valence-corrected chi connectivity index (χ2v) is 10.9. The molecule has 0 spiro atoms. The molecule has 0 saturated heterocycles. The van der Waals surface area contributed by atoms with Crippen molar-refractivity contribution in [3.63, 3.8) is 0 Å². The summed E-state index contributed by atoms with van der Waals surface area (Å²) in [5.74, 6) is -5.19. The third-order valence-corrected chi connectivity index (χ3v) is 6.43. The SMILES string of the molecule is CN(C)CCN(C)c1nc(C2COc3ccccc3O2)nc2ccc(-c3ccnc(N)n3)cc12.O=C(O)C(F)(F)F.O=C(O)C(F)(F)F.O=C(O)C(F)(F)F. The van der Waals surface area contributed by atoms with Crippen molar-refractivity contribution in [3.8, 4) is 22.8 Å². The number of likely N-dealkylation sites (N-methyl/N-ethyl adjacent to an activating group) is 2. The van der Waals surface area contributed by atoms with Crippen LogP contribution in [-0.2, 0) is 14.4 Å². The van der Waals surface area contributed by atoms with Gasteiger partial charge < -0.3 is 40.3 Å². The van der Waals surface area contributed by atoms with Crippen LogP contribution >= 0.6 is 0 Å². The highest BCUT2D eigenvalue weighted by Crippen LogP contribution is 2.37. The molecule has 5 rings (SSSR count). The Morgan fingerprint density at radius 1 is 0.782 bits per heavy atom. The number of alkyl halides is 9. The fraction of sp³-hybridized carbons (Fsp3) is 0.323. The van der Waals surface area contributed by atoms with Crippen LogP contribution in [0.25, 0.3) is 22.2 Å². The molecule has 1 aliphatic rings. The zero-order valence-corrected chi connectivity index (χ0v) is 28.4. The third-order valence-electron chi connectivity index (χ3n) is 6.43. The van der Waals surface area contributed by atoms with Gasteiger partial charge in [-0.25, -0.2) is 34.3 Å². The number of halogens is 9. The summed E-state index contributed by atoms with van der Waals surface area (Å²) in [4.78, 5) is 49.1. The number of hydrogen-bond acceptors (Lipinski definition) is 12. The lowest BCUT2D eigenvalue weighted by molar-refractivity contribution is -0.193. The van der Waals surface area contributed by atoms with Gasteiger partial charge in [-0.1, -0.05) is 18.2 Å². The Morgan fingerprint density at radius 3 is 1.80 bits per heavy atom. The fourth-order valence-corrected chi connectivity index (χ4v) is 3.86. The van der Waals surface area contributed by atoms with Gasteiger partial charge in [0.2, 0.25) is 5.95 Å². The van der Waals surface area contributed by atoms with E-state index in [1.54, 1.807) is 6.20 Å². The number of nitrogen functional groups attached to an aromatic ring is 1. The summed E-state index contributed by atoms with van der Waals surface area (Å²) in [7, 11) is 6.15. The minimum atomic E-state index is -5.08. The lowest BCUT2D eigenvalue weighted by atomic mass is 10.1. The Morgan fingerprint density at radius 2 is 1.31 bits per heavy atom. The van der Waals surface area contributed by atoms with E-state index in [9.17, 15) is 39.5 Å². The number of aromatic nitrogens is 4. The maximum Gasteiger partial charge on any atom is 0.490 e. The molecule has 4 aromatic rings. The number of anilines is 2. The number of rotatable bonds is 6. The molecule has 2 aromatic carbocycles.